The molecule has 1 aliphatic rings. The van der Waals surface area contributed by atoms with E-state index >= 15 is 0 Å². The maximum Gasteiger partial charge on any atom is 0.323 e. The Kier molecular flexibility index (Phi) is 6.77. The molecular weight excluding hydrogens is 374 g/mol. The van der Waals surface area contributed by atoms with E-state index in [-0.39, 0.29) is 12.1 Å². The van der Waals surface area contributed by atoms with Gasteiger partial charge in [-0.25, -0.2) is 19.7 Å². The van der Waals surface area contributed by atoms with Crippen LogP contribution in [0.25, 0.3) is 0 Å². The molecule has 154 valence electrons. The van der Waals surface area contributed by atoms with Gasteiger partial charge >= 0.3 is 6.03 Å². The molecule has 1 saturated heterocycles. The van der Waals surface area contributed by atoms with Crippen LogP contribution in [0.5, 0.6) is 5.88 Å². The van der Waals surface area contributed by atoms with Gasteiger partial charge < -0.3 is 19.9 Å². The first kappa shape index (κ1) is 20.3. The van der Waals surface area contributed by atoms with Crippen LogP contribution in [0.3, 0.4) is 0 Å². The number of amides is 3. The van der Waals surface area contributed by atoms with Crippen molar-refractivity contribution >= 4 is 29.8 Å². The van der Waals surface area contributed by atoms with E-state index in [4.69, 9.17) is 4.74 Å². The molecule has 3 rings (SSSR count). The van der Waals surface area contributed by atoms with E-state index in [0.29, 0.717) is 36.9 Å². The van der Waals surface area contributed by atoms with Crippen molar-refractivity contribution in [3.8, 4) is 5.88 Å². The quantitative estimate of drug-likeness (QED) is 0.685. The molecule has 2 aromatic heterocycles. The standard InChI is InChI=1S/C19H25N7O3/c1-3-29-18-11-21-16(10-22-18)24-19(28)25(2)15-5-4-8-26(12-15)17-9-14(23-13-27)6-7-20-17/h6-7,9-11,13,15H,3-5,8,12H2,1-2H3,(H,20,23,27)(H,21,24,28). The van der Waals surface area contributed by atoms with Crippen molar-refractivity contribution in [2.24, 2.45) is 0 Å². The highest BCUT2D eigenvalue weighted by molar-refractivity contribution is 5.88. The number of nitrogens with one attached hydrogen (secondary N) is 2. The van der Waals surface area contributed by atoms with Crippen molar-refractivity contribution in [1.29, 1.82) is 0 Å². The molecule has 0 aromatic carbocycles. The van der Waals surface area contributed by atoms with Crippen LogP contribution >= 0.6 is 0 Å². The fourth-order valence-corrected chi connectivity index (χ4v) is 3.19. The Balaban J connectivity index is 1.61. The lowest BCUT2D eigenvalue weighted by Gasteiger charge is -2.38. The summed E-state index contributed by atoms with van der Waals surface area (Å²) in [5, 5.41) is 5.40. The Morgan fingerprint density at radius 3 is 2.97 bits per heavy atom. The fourth-order valence-electron chi connectivity index (χ4n) is 3.19. The predicted molar refractivity (Wildman–Crippen MR) is 109 cm³/mol. The first-order valence-electron chi connectivity index (χ1n) is 9.50. The summed E-state index contributed by atoms with van der Waals surface area (Å²) in [5.41, 5.74) is 0.687. The molecule has 10 heteroatoms. The van der Waals surface area contributed by atoms with Crippen LogP contribution in [-0.2, 0) is 4.79 Å². The maximum atomic E-state index is 12.6. The van der Waals surface area contributed by atoms with Gasteiger partial charge in [-0.2, -0.15) is 0 Å². The summed E-state index contributed by atoms with van der Waals surface area (Å²) >= 11 is 0. The largest absolute Gasteiger partial charge is 0.477 e. The zero-order chi connectivity index (χ0) is 20.6. The maximum absolute atomic E-state index is 12.6. The first-order chi connectivity index (χ1) is 14.1. The minimum atomic E-state index is -0.250. The molecular formula is C19H25N7O3. The van der Waals surface area contributed by atoms with Gasteiger partial charge in [-0.15, -0.1) is 0 Å². The van der Waals surface area contributed by atoms with E-state index in [9.17, 15) is 9.59 Å². The monoisotopic (exact) mass is 399 g/mol. The number of anilines is 3. The molecule has 1 fully saturated rings. The molecule has 1 unspecified atom stereocenters. The third-order valence-corrected chi connectivity index (χ3v) is 4.72. The normalized spacial score (nSPS) is 16.1. The number of carbonyl (C=O) groups is 2. The van der Waals surface area contributed by atoms with Crippen LogP contribution in [0, 0.1) is 0 Å². The second-order valence-electron chi connectivity index (χ2n) is 6.62. The lowest BCUT2D eigenvalue weighted by atomic mass is 10.0. The van der Waals surface area contributed by atoms with Crippen LogP contribution in [0.4, 0.5) is 22.1 Å². The summed E-state index contributed by atoms with van der Waals surface area (Å²) in [5.74, 6) is 1.56. The van der Waals surface area contributed by atoms with E-state index in [1.165, 1.54) is 12.4 Å². The smallest absolute Gasteiger partial charge is 0.323 e. The molecule has 0 spiro atoms. The minimum absolute atomic E-state index is 0.0175. The van der Waals surface area contributed by atoms with Crippen molar-refractivity contribution in [3.05, 3.63) is 30.7 Å². The lowest BCUT2D eigenvalue weighted by Crippen LogP contribution is -2.50. The van der Waals surface area contributed by atoms with Crippen molar-refractivity contribution in [1.82, 2.24) is 19.9 Å². The Labute approximate surface area is 169 Å². The van der Waals surface area contributed by atoms with Gasteiger partial charge in [-0.05, 0) is 25.8 Å². The number of carbonyl (C=O) groups excluding carboxylic acids is 2. The minimum Gasteiger partial charge on any atom is -0.477 e. The second-order valence-corrected chi connectivity index (χ2v) is 6.62. The SMILES string of the molecule is CCOc1cnc(NC(=O)N(C)C2CCCN(c3cc(NC=O)ccn3)C2)cn1. The van der Waals surface area contributed by atoms with Gasteiger partial charge in [-0.1, -0.05) is 0 Å². The molecule has 29 heavy (non-hydrogen) atoms. The molecule has 3 amide bonds. The molecule has 3 heterocycles. The summed E-state index contributed by atoms with van der Waals surface area (Å²) in [7, 11) is 1.77. The number of hydrogen-bond donors (Lipinski definition) is 2. The third kappa shape index (κ3) is 5.31. The summed E-state index contributed by atoms with van der Waals surface area (Å²) in [6.07, 6.45) is 7.07. The number of piperidine rings is 1. The summed E-state index contributed by atoms with van der Waals surface area (Å²) in [6.45, 7) is 3.86. The summed E-state index contributed by atoms with van der Waals surface area (Å²) in [4.78, 5) is 39.7. The molecule has 0 radical (unpaired) electrons. The Morgan fingerprint density at radius 2 is 2.24 bits per heavy atom. The average Bonchev–Trinajstić information content (AvgIpc) is 2.75. The number of pyridine rings is 1. The van der Waals surface area contributed by atoms with E-state index in [1.807, 2.05) is 13.0 Å². The number of hydrogen-bond acceptors (Lipinski definition) is 7. The Hall–Kier alpha value is -3.43. The number of nitrogens with zero attached hydrogens (tertiary/aromatic N) is 5. The van der Waals surface area contributed by atoms with Crippen LogP contribution in [-0.4, -0.2) is 65.1 Å². The highest BCUT2D eigenvalue weighted by Crippen LogP contribution is 2.23. The third-order valence-electron chi connectivity index (χ3n) is 4.72. The van der Waals surface area contributed by atoms with Gasteiger partial charge in [0.05, 0.1) is 25.0 Å². The number of rotatable bonds is 7. The van der Waals surface area contributed by atoms with Crippen molar-refractivity contribution in [2.45, 2.75) is 25.8 Å². The number of ether oxygens (including phenoxy) is 1. The van der Waals surface area contributed by atoms with E-state index < -0.39 is 0 Å². The number of aromatic nitrogens is 3. The molecule has 0 saturated carbocycles. The molecule has 1 aliphatic heterocycles. The molecule has 0 bridgehead atoms. The topological polar surface area (TPSA) is 113 Å². The van der Waals surface area contributed by atoms with E-state index in [1.54, 1.807) is 24.2 Å². The molecule has 10 nitrogen and oxygen atoms in total. The van der Waals surface area contributed by atoms with Gasteiger partial charge in [0.2, 0.25) is 12.3 Å². The Bertz CT molecular complexity index is 831. The van der Waals surface area contributed by atoms with Crippen LogP contribution in [0.1, 0.15) is 19.8 Å². The molecule has 0 aliphatic carbocycles. The van der Waals surface area contributed by atoms with Gasteiger partial charge in [0, 0.05) is 38.1 Å². The van der Waals surface area contributed by atoms with Gasteiger partial charge in [0.15, 0.2) is 5.82 Å². The zero-order valence-electron chi connectivity index (χ0n) is 16.5. The lowest BCUT2D eigenvalue weighted by molar-refractivity contribution is -0.105. The number of likely N-dealkylation sites (N-methyl/N-ethyl adjacent to an activating group) is 1. The van der Waals surface area contributed by atoms with Gasteiger partial charge in [0.1, 0.15) is 5.82 Å². The van der Waals surface area contributed by atoms with Gasteiger partial charge in [0.25, 0.3) is 0 Å². The molecule has 2 aromatic rings. The second kappa shape index (κ2) is 9.67. The summed E-state index contributed by atoms with van der Waals surface area (Å²) < 4.78 is 5.25. The van der Waals surface area contributed by atoms with Crippen molar-refractivity contribution < 1.29 is 14.3 Å². The van der Waals surface area contributed by atoms with Crippen molar-refractivity contribution in [3.63, 3.8) is 0 Å². The summed E-state index contributed by atoms with van der Waals surface area (Å²) in [6, 6.07) is 3.33. The highest BCUT2D eigenvalue weighted by atomic mass is 16.5. The van der Waals surface area contributed by atoms with Crippen LogP contribution in [0.2, 0.25) is 0 Å². The Morgan fingerprint density at radius 1 is 1.38 bits per heavy atom. The van der Waals surface area contributed by atoms with Gasteiger partial charge in [-0.3, -0.25) is 10.1 Å². The zero-order valence-corrected chi connectivity index (χ0v) is 16.5. The number of urea groups is 1. The van der Waals surface area contributed by atoms with E-state index in [0.717, 1.165) is 25.2 Å². The van der Waals surface area contributed by atoms with Crippen LogP contribution < -0.4 is 20.3 Å². The predicted octanol–water partition coefficient (Wildman–Crippen LogP) is 1.97. The van der Waals surface area contributed by atoms with Crippen molar-refractivity contribution in [2.75, 3.05) is 42.3 Å². The first-order valence-corrected chi connectivity index (χ1v) is 9.50. The highest BCUT2D eigenvalue weighted by Gasteiger charge is 2.27. The fraction of sp³-hybridized carbons (Fsp3) is 0.421. The van der Waals surface area contributed by atoms with Crippen LogP contribution in [0.15, 0.2) is 30.7 Å². The average molecular weight is 399 g/mol. The molecule has 1 atom stereocenters. The molecule has 2 N–H and O–H groups in total. The van der Waals surface area contributed by atoms with E-state index in [2.05, 4.69) is 30.5 Å².